The van der Waals surface area contributed by atoms with Gasteiger partial charge in [0, 0.05) is 0 Å². The van der Waals surface area contributed by atoms with E-state index in [1.807, 2.05) is 55.4 Å². The molecule has 7 heteroatoms. The highest BCUT2D eigenvalue weighted by atomic mass is 16.8. The molecule has 26 heavy (non-hydrogen) atoms. The van der Waals surface area contributed by atoms with Crippen molar-refractivity contribution >= 4 is 6.09 Å². The van der Waals surface area contributed by atoms with E-state index in [1.165, 1.54) is 0 Å². The van der Waals surface area contributed by atoms with Crippen LogP contribution in [0.25, 0.3) is 0 Å². The zero-order valence-electron chi connectivity index (χ0n) is 17.4. The number of carbonyl (C=O) groups is 1. The van der Waals surface area contributed by atoms with Crippen molar-refractivity contribution in [2.45, 2.75) is 103 Å². The highest BCUT2D eigenvalue weighted by Gasteiger charge is 2.55. The third-order valence-electron chi connectivity index (χ3n) is 4.07. The summed E-state index contributed by atoms with van der Waals surface area (Å²) in [7, 11) is 0. The summed E-state index contributed by atoms with van der Waals surface area (Å²) in [6.45, 7) is 16.3. The Morgan fingerprint density at radius 3 is 2.23 bits per heavy atom. The van der Waals surface area contributed by atoms with Crippen molar-refractivity contribution in [1.29, 1.82) is 0 Å². The van der Waals surface area contributed by atoms with Gasteiger partial charge in [-0.25, -0.2) is 4.79 Å². The standard InChI is InChI=1S/C19H35NO6/c1-17(2,3)23-10-9-22-13-11-12(20-16(21)26-18(4,5)6)14-15(13)25-19(7,8)24-14/h12-15H,9-11H2,1-8H3,(H,20,21)/t12-,13+,14+,15-/m1/s1. The van der Waals surface area contributed by atoms with Crippen molar-refractivity contribution in [1.82, 2.24) is 5.32 Å². The summed E-state index contributed by atoms with van der Waals surface area (Å²) in [5, 5.41) is 2.91. The second-order valence-corrected chi connectivity index (χ2v) is 9.42. The van der Waals surface area contributed by atoms with Crippen LogP contribution in [-0.2, 0) is 23.7 Å². The third kappa shape index (κ3) is 6.37. The van der Waals surface area contributed by atoms with E-state index in [2.05, 4.69) is 5.32 Å². The molecule has 0 radical (unpaired) electrons. The minimum atomic E-state index is -0.701. The summed E-state index contributed by atoms with van der Waals surface area (Å²) in [6.07, 6.45) is -0.484. The van der Waals surface area contributed by atoms with Gasteiger partial charge in [0.15, 0.2) is 5.79 Å². The fourth-order valence-corrected chi connectivity index (χ4v) is 3.24. The summed E-state index contributed by atoms with van der Waals surface area (Å²) >= 11 is 0. The number of rotatable bonds is 5. The highest BCUT2D eigenvalue weighted by molar-refractivity contribution is 5.68. The van der Waals surface area contributed by atoms with E-state index in [4.69, 9.17) is 23.7 Å². The fourth-order valence-electron chi connectivity index (χ4n) is 3.24. The Bertz CT molecular complexity index is 493. The first-order chi connectivity index (χ1) is 11.8. The molecule has 0 aromatic heterocycles. The number of ether oxygens (including phenoxy) is 5. The smallest absolute Gasteiger partial charge is 0.407 e. The topological polar surface area (TPSA) is 75.3 Å². The molecule has 0 unspecified atom stereocenters. The van der Waals surface area contributed by atoms with E-state index in [9.17, 15) is 4.79 Å². The first-order valence-electron chi connectivity index (χ1n) is 9.36. The maximum atomic E-state index is 12.2. The molecule has 4 atom stereocenters. The number of amides is 1. The average molecular weight is 373 g/mol. The van der Waals surface area contributed by atoms with Crippen molar-refractivity contribution in [3.8, 4) is 0 Å². The van der Waals surface area contributed by atoms with E-state index in [0.29, 0.717) is 19.6 Å². The monoisotopic (exact) mass is 373 g/mol. The lowest BCUT2D eigenvalue weighted by molar-refractivity contribution is -0.170. The van der Waals surface area contributed by atoms with Crippen LogP contribution < -0.4 is 5.32 Å². The minimum Gasteiger partial charge on any atom is -0.444 e. The number of hydrogen-bond donors (Lipinski definition) is 1. The SMILES string of the molecule is CC(C)(C)OCCO[C@H]1C[C@@H](NC(=O)OC(C)(C)C)[C@@H]2OC(C)(C)O[C@@H]21. The number of carbonyl (C=O) groups excluding carboxylic acids is 1. The molecule has 2 fully saturated rings. The molecular weight excluding hydrogens is 338 g/mol. The van der Waals surface area contributed by atoms with Crippen molar-refractivity contribution in [2.24, 2.45) is 0 Å². The molecule has 2 rings (SSSR count). The number of hydrogen-bond acceptors (Lipinski definition) is 6. The van der Waals surface area contributed by atoms with Gasteiger partial charge in [0.25, 0.3) is 0 Å². The van der Waals surface area contributed by atoms with Crippen LogP contribution in [-0.4, -0.2) is 60.6 Å². The maximum Gasteiger partial charge on any atom is 0.407 e. The van der Waals surface area contributed by atoms with Gasteiger partial charge in [-0.05, 0) is 61.8 Å². The second-order valence-electron chi connectivity index (χ2n) is 9.42. The Hall–Kier alpha value is -0.890. The van der Waals surface area contributed by atoms with Crippen molar-refractivity contribution in [3.05, 3.63) is 0 Å². The number of nitrogens with one attached hydrogen (secondary N) is 1. The van der Waals surface area contributed by atoms with E-state index in [1.54, 1.807) is 0 Å². The summed E-state index contributed by atoms with van der Waals surface area (Å²) in [6, 6.07) is -0.217. The highest BCUT2D eigenvalue weighted by Crippen LogP contribution is 2.39. The molecule has 1 N–H and O–H groups in total. The van der Waals surface area contributed by atoms with Crippen LogP contribution in [0, 0.1) is 0 Å². The minimum absolute atomic E-state index is 0.162. The van der Waals surface area contributed by atoms with Crippen LogP contribution in [0.1, 0.15) is 61.8 Å². The summed E-state index contributed by atoms with van der Waals surface area (Å²) in [5.41, 5.74) is -0.744. The Morgan fingerprint density at radius 2 is 1.65 bits per heavy atom. The second kappa shape index (κ2) is 7.62. The Kier molecular flexibility index (Phi) is 6.27. The lowest BCUT2D eigenvalue weighted by Crippen LogP contribution is -2.45. The molecule has 0 aromatic carbocycles. The van der Waals surface area contributed by atoms with E-state index in [-0.39, 0.29) is 30.0 Å². The van der Waals surface area contributed by atoms with E-state index >= 15 is 0 Å². The molecule has 0 bridgehead atoms. The van der Waals surface area contributed by atoms with Gasteiger partial charge in [-0.2, -0.15) is 0 Å². The Labute approximate surface area is 157 Å². The zero-order chi connectivity index (χ0) is 19.8. The van der Waals surface area contributed by atoms with Crippen LogP contribution in [0.5, 0.6) is 0 Å². The molecule has 1 aliphatic carbocycles. The molecule has 1 aliphatic heterocycles. The first kappa shape index (κ1) is 21.4. The largest absolute Gasteiger partial charge is 0.444 e. The van der Waals surface area contributed by atoms with E-state index < -0.39 is 17.5 Å². The molecule has 1 heterocycles. The van der Waals surface area contributed by atoms with Gasteiger partial charge in [-0.3, -0.25) is 0 Å². The predicted molar refractivity (Wildman–Crippen MR) is 97.0 cm³/mol. The normalized spacial score (nSPS) is 30.9. The van der Waals surface area contributed by atoms with Crippen LogP contribution >= 0.6 is 0 Å². The van der Waals surface area contributed by atoms with Gasteiger partial charge < -0.3 is 29.0 Å². The molecule has 1 saturated heterocycles. The van der Waals surface area contributed by atoms with Gasteiger partial charge in [0.1, 0.15) is 17.8 Å². The molecule has 0 spiro atoms. The van der Waals surface area contributed by atoms with E-state index in [0.717, 1.165) is 0 Å². The first-order valence-corrected chi connectivity index (χ1v) is 9.36. The van der Waals surface area contributed by atoms with Crippen LogP contribution in [0.4, 0.5) is 4.79 Å². The molecule has 2 aliphatic rings. The number of fused-ring (bicyclic) bond motifs is 1. The van der Waals surface area contributed by atoms with Crippen LogP contribution in [0.2, 0.25) is 0 Å². The van der Waals surface area contributed by atoms with Crippen LogP contribution in [0.3, 0.4) is 0 Å². The van der Waals surface area contributed by atoms with Gasteiger partial charge >= 0.3 is 6.09 Å². The third-order valence-corrected chi connectivity index (χ3v) is 4.07. The van der Waals surface area contributed by atoms with Crippen LogP contribution in [0.15, 0.2) is 0 Å². The van der Waals surface area contributed by atoms with Gasteiger partial charge in [-0.1, -0.05) is 0 Å². The summed E-state index contributed by atoms with van der Waals surface area (Å²) in [4.78, 5) is 12.2. The molecule has 1 amide bonds. The zero-order valence-corrected chi connectivity index (χ0v) is 17.4. The summed E-state index contributed by atoms with van der Waals surface area (Å²) in [5.74, 6) is -0.701. The Morgan fingerprint density at radius 1 is 1.04 bits per heavy atom. The molecule has 0 aromatic rings. The van der Waals surface area contributed by atoms with Crippen molar-refractivity contribution < 1.29 is 28.5 Å². The van der Waals surface area contributed by atoms with Gasteiger partial charge in [0.2, 0.25) is 0 Å². The molecule has 1 saturated carbocycles. The number of alkyl carbamates (subject to hydrolysis) is 1. The van der Waals surface area contributed by atoms with Gasteiger partial charge in [0.05, 0.1) is 31.0 Å². The molecule has 7 nitrogen and oxygen atoms in total. The van der Waals surface area contributed by atoms with Crippen molar-refractivity contribution in [3.63, 3.8) is 0 Å². The lowest BCUT2D eigenvalue weighted by Gasteiger charge is -2.26. The Balaban J connectivity index is 1.93. The molecule has 152 valence electrons. The predicted octanol–water partition coefficient (Wildman–Crippen LogP) is 3.00. The maximum absolute atomic E-state index is 12.2. The van der Waals surface area contributed by atoms with Gasteiger partial charge in [-0.15, -0.1) is 0 Å². The quantitative estimate of drug-likeness (QED) is 0.747. The lowest BCUT2D eigenvalue weighted by atomic mass is 10.2. The fraction of sp³-hybridized carbons (Fsp3) is 0.947. The molecular formula is C19H35NO6. The summed E-state index contributed by atoms with van der Waals surface area (Å²) < 4.78 is 29.1. The average Bonchev–Trinajstić information content (AvgIpc) is 2.87. The van der Waals surface area contributed by atoms with Crippen molar-refractivity contribution in [2.75, 3.05) is 13.2 Å².